The molecule has 0 saturated heterocycles. The van der Waals surface area contributed by atoms with Gasteiger partial charge in [-0.05, 0) is 36.6 Å². The lowest BCUT2D eigenvalue weighted by atomic mass is 9.87. The monoisotopic (exact) mass is 253 g/mol. The van der Waals surface area contributed by atoms with Crippen molar-refractivity contribution in [2.24, 2.45) is 17.6 Å². The molecule has 1 aromatic rings. The Bertz CT molecular complexity index is 337. The Morgan fingerprint density at radius 2 is 1.83 bits per heavy atom. The Morgan fingerprint density at radius 3 is 2.28 bits per heavy atom. The third-order valence-corrected chi connectivity index (χ3v) is 3.18. The molecule has 2 atom stereocenters. The first-order valence-electron chi connectivity index (χ1n) is 6.67. The van der Waals surface area contributed by atoms with Gasteiger partial charge in [-0.1, -0.05) is 32.9 Å². The third kappa shape index (κ3) is 3.98. The largest absolute Gasteiger partial charge is 0.494 e. The molecule has 0 amide bonds. The highest BCUT2D eigenvalue weighted by Crippen LogP contribution is 2.31. The molecule has 0 radical (unpaired) electrons. The quantitative estimate of drug-likeness (QED) is 0.804. The fourth-order valence-corrected chi connectivity index (χ4v) is 1.94. The molecule has 18 heavy (non-hydrogen) atoms. The van der Waals surface area contributed by atoms with Gasteiger partial charge in [-0.25, -0.2) is 4.39 Å². The van der Waals surface area contributed by atoms with Crippen molar-refractivity contribution >= 4 is 0 Å². The predicted molar refractivity (Wildman–Crippen MR) is 73.5 cm³/mol. The molecule has 0 saturated carbocycles. The summed E-state index contributed by atoms with van der Waals surface area (Å²) < 4.78 is 19.8. The molecule has 2 N–H and O–H groups in total. The first-order valence-corrected chi connectivity index (χ1v) is 6.67. The van der Waals surface area contributed by atoms with Gasteiger partial charge in [0.25, 0.3) is 0 Å². The van der Waals surface area contributed by atoms with Crippen LogP contribution >= 0.6 is 0 Å². The first-order chi connectivity index (χ1) is 8.60. The van der Waals surface area contributed by atoms with Crippen molar-refractivity contribution in [1.29, 1.82) is 0 Å². The van der Waals surface area contributed by atoms with Crippen LogP contribution in [0.3, 0.4) is 0 Å². The van der Waals surface area contributed by atoms with Gasteiger partial charge in [-0.2, -0.15) is 0 Å². The van der Waals surface area contributed by atoms with E-state index in [1.54, 1.807) is 12.1 Å². The Kier molecular flexibility index (Phi) is 6.13. The van der Waals surface area contributed by atoms with Crippen LogP contribution in [0.25, 0.3) is 0 Å². The molecule has 3 heteroatoms. The summed E-state index contributed by atoms with van der Waals surface area (Å²) in [6.07, 6.45) is -0.0361. The number of halogens is 1. The number of hydrogen-bond acceptors (Lipinski definition) is 2. The molecule has 0 fully saturated rings. The van der Waals surface area contributed by atoms with Crippen molar-refractivity contribution in [2.75, 3.05) is 13.2 Å². The van der Waals surface area contributed by atoms with Crippen LogP contribution in [0.15, 0.2) is 24.3 Å². The normalized spacial score (nSPS) is 14.6. The van der Waals surface area contributed by atoms with Gasteiger partial charge in [0.05, 0.1) is 6.61 Å². The van der Waals surface area contributed by atoms with E-state index in [2.05, 4.69) is 6.92 Å². The second-order valence-electron chi connectivity index (χ2n) is 4.96. The summed E-state index contributed by atoms with van der Waals surface area (Å²) >= 11 is 0. The number of hydrogen-bond donors (Lipinski definition) is 1. The molecule has 2 unspecified atom stereocenters. The molecular formula is C15H24FNO. The molecular weight excluding hydrogens is 229 g/mol. The maximum absolute atomic E-state index is 14.3. The minimum Gasteiger partial charge on any atom is -0.494 e. The van der Waals surface area contributed by atoms with Crippen LogP contribution in [0, 0.1) is 11.8 Å². The Labute approximate surface area is 109 Å². The average molecular weight is 253 g/mol. The van der Waals surface area contributed by atoms with Gasteiger partial charge in [0.2, 0.25) is 0 Å². The van der Waals surface area contributed by atoms with Crippen LogP contribution in [-0.4, -0.2) is 13.2 Å². The van der Waals surface area contributed by atoms with Crippen LogP contribution in [-0.2, 0) is 0 Å². The summed E-state index contributed by atoms with van der Waals surface area (Å²) in [5.74, 6) is 0.898. The second-order valence-corrected chi connectivity index (χ2v) is 4.96. The summed E-state index contributed by atoms with van der Waals surface area (Å²) in [4.78, 5) is 0. The molecule has 0 aliphatic carbocycles. The van der Waals surface area contributed by atoms with Crippen LogP contribution in [0.5, 0.6) is 5.75 Å². The smallest absolute Gasteiger partial charge is 0.129 e. The number of alkyl halides is 1. The summed E-state index contributed by atoms with van der Waals surface area (Å²) in [6, 6.07) is 7.23. The van der Waals surface area contributed by atoms with E-state index in [1.165, 1.54) is 0 Å². The SMILES string of the molecule is CCCOc1ccc(C(F)C(CN)C(C)C)cc1. The number of rotatable bonds is 7. The zero-order chi connectivity index (χ0) is 13.5. The Morgan fingerprint density at radius 1 is 1.22 bits per heavy atom. The van der Waals surface area contributed by atoms with Gasteiger partial charge in [-0.3, -0.25) is 0 Å². The van der Waals surface area contributed by atoms with Gasteiger partial charge in [0.15, 0.2) is 0 Å². The van der Waals surface area contributed by atoms with Crippen LogP contribution in [0.1, 0.15) is 38.9 Å². The van der Waals surface area contributed by atoms with E-state index in [-0.39, 0.29) is 11.8 Å². The van der Waals surface area contributed by atoms with E-state index in [9.17, 15) is 4.39 Å². The molecule has 1 rings (SSSR count). The molecule has 0 aromatic heterocycles. The van der Waals surface area contributed by atoms with E-state index in [1.807, 2.05) is 26.0 Å². The standard InChI is InChI=1S/C15H24FNO/c1-4-9-18-13-7-5-12(6-8-13)15(16)14(10-17)11(2)3/h5-8,11,14-15H,4,9-10,17H2,1-3H3. The summed E-state index contributed by atoms with van der Waals surface area (Å²) in [5.41, 5.74) is 6.33. The fourth-order valence-electron chi connectivity index (χ4n) is 1.94. The highest BCUT2D eigenvalue weighted by atomic mass is 19.1. The summed E-state index contributed by atoms with van der Waals surface area (Å²) in [6.45, 7) is 7.12. The minimum absolute atomic E-state index is 0.132. The lowest BCUT2D eigenvalue weighted by molar-refractivity contribution is 0.188. The summed E-state index contributed by atoms with van der Waals surface area (Å²) in [7, 11) is 0. The lowest BCUT2D eigenvalue weighted by Crippen LogP contribution is -2.24. The topological polar surface area (TPSA) is 35.2 Å². The molecule has 0 aliphatic heterocycles. The van der Waals surface area contributed by atoms with Gasteiger partial charge < -0.3 is 10.5 Å². The molecule has 1 aromatic carbocycles. The van der Waals surface area contributed by atoms with E-state index in [0.717, 1.165) is 12.2 Å². The zero-order valence-electron chi connectivity index (χ0n) is 11.5. The Hall–Kier alpha value is -1.09. The second kappa shape index (κ2) is 7.37. The van der Waals surface area contributed by atoms with Crippen molar-refractivity contribution in [3.05, 3.63) is 29.8 Å². The molecule has 0 aliphatic rings. The van der Waals surface area contributed by atoms with Crippen molar-refractivity contribution in [3.8, 4) is 5.75 Å². The fraction of sp³-hybridized carbons (Fsp3) is 0.600. The highest BCUT2D eigenvalue weighted by Gasteiger charge is 2.24. The average Bonchev–Trinajstić information content (AvgIpc) is 2.37. The van der Waals surface area contributed by atoms with Gasteiger partial charge in [0.1, 0.15) is 11.9 Å². The van der Waals surface area contributed by atoms with Crippen molar-refractivity contribution in [2.45, 2.75) is 33.4 Å². The van der Waals surface area contributed by atoms with E-state index >= 15 is 0 Å². The molecule has 2 nitrogen and oxygen atoms in total. The van der Waals surface area contributed by atoms with Crippen molar-refractivity contribution < 1.29 is 9.13 Å². The molecule has 0 bridgehead atoms. The minimum atomic E-state index is -1.00. The third-order valence-electron chi connectivity index (χ3n) is 3.18. The van der Waals surface area contributed by atoms with Gasteiger partial charge in [-0.15, -0.1) is 0 Å². The van der Waals surface area contributed by atoms with Crippen LogP contribution < -0.4 is 10.5 Å². The summed E-state index contributed by atoms with van der Waals surface area (Å²) in [5, 5.41) is 0. The Balaban J connectivity index is 2.71. The number of benzene rings is 1. The molecule has 0 spiro atoms. The molecule has 102 valence electrons. The highest BCUT2D eigenvalue weighted by molar-refractivity contribution is 5.29. The van der Waals surface area contributed by atoms with Crippen molar-refractivity contribution in [1.82, 2.24) is 0 Å². The van der Waals surface area contributed by atoms with Crippen LogP contribution in [0.4, 0.5) is 4.39 Å². The predicted octanol–water partition coefficient (Wildman–Crippen LogP) is 3.72. The number of nitrogens with two attached hydrogens (primary N) is 1. The zero-order valence-corrected chi connectivity index (χ0v) is 11.5. The van der Waals surface area contributed by atoms with Gasteiger partial charge >= 0.3 is 0 Å². The maximum atomic E-state index is 14.3. The van der Waals surface area contributed by atoms with E-state index in [4.69, 9.17) is 10.5 Å². The van der Waals surface area contributed by atoms with Crippen LogP contribution in [0.2, 0.25) is 0 Å². The van der Waals surface area contributed by atoms with E-state index < -0.39 is 6.17 Å². The van der Waals surface area contributed by atoms with E-state index in [0.29, 0.717) is 18.7 Å². The first kappa shape index (κ1) is 15.0. The number of ether oxygens (including phenoxy) is 1. The van der Waals surface area contributed by atoms with Gasteiger partial charge in [0, 0.05) is 5.92 Å². The van der Waals surface area contributed by atoms with Crippen molar-refractivity contribution in [3.63, 3.8) is 0 Å². The molecule has 0 heterocycles. The lowest BCUT2D eigenvalue weighted by Gasteiger charge is -2.23. The maximum Gasteiger partial charge on any atom is 0.129 e.